The van der Waals surface area contributed by atoms with Crippen LogP contribution in [0.2, 0.25) is 0 Å². The highest BCUT2D eigenvalue weighted by Gasteiger charge is 2.51. The van der Waals surface area contributed by atoms with Crippen molar-refractivity contribution in [1.29, 1.82) is 0 Å². The number of methoxy groups -OCH3 is 1. The van der Waals surface area contributed by atoms with Crippen molar-refractivity contribution in [3.05, 3.63) is 108 Å². The molecule has 5 rings (SSSR count). The zero-order valence-corrected chi connectivity index (χ0v) is 20.0. The van der Waals surface area contributed by atoms with Crippen LogP contribution < -0.4 is 31.2 Å². The van der Waals surface area contributed by atoms with Crippen molar-refractivity contribution >= 4 is 5.95 Å². The second-order valence-corrected chi connectivity index (χ2v) is 8.06. The Labute approximate surface area is 204 Å². The number of halogens is 1. The number of fused-ring (bicyclic) bond motifs is 1. The highest BCUT2D eigenvalue weighted by molar-refractivity contribution is 5.63. The Morgan fingerprint density at radius 2 is 1.73 bits per heavy atom. The molecule has 1 N–H and O–H groups in total. The molecule has 0 saturated carbocycles. The van der Waals surface area contributed by atoms with Gasteiger partial charge in [-0.2, -0.15) is 0 Å². The first kappa shape index (κ1) is 23.0. The smallest absolute Gasteiger partial charge is 0.396 e. The van der Waals surface area contributed by atoms with E-state index in [9.17, 15) is 5.11 Å². The fourth-order valence-electron chi connectivity index (χ4n) is 4.39. The molecular formula is C27H26BrN3O2. The maximum atomic E-state index is 11.9. The molecule has 0 radical (unpaired) electrons. The maximum Gasteiger partial charge on any atom is 0.396 e. The lowest BCUT2D eigenvalue weighted by Gasteiger charge is -2.28. The number of nitrogens with zero attached hydrogens (tertiary/aromatic N) is 3. The van der Waals surface area contributed by atoms with Crippen LogP contribution in [0.3, 0.4) is 0 Å². The van der Waals surface area contributed by atoms with Crippen molar-refractivity contribution in [3.63, 3.8) is 0 Å². The lowest BCUT2D eigenvalue weighted by atomic mass is 9.97. The fraction of sp³-hybridized carbons (Fsp3) is 0.185. The summed E-state index contributed by atoms with van der Waals surface area (Å²) in [6.07, 6.45) is 4.50. The van der Waals surface area contributed by atoms with Gasteiger partial charge in [0.15, 0.2) is 0 Å². The van der Waals surface area contributed by atoms with Gasteiger partial charge in [-0.15, -0.1) is 0 Å². The van der Waals surface area contributed by atoms with Gasteiger partial charge in [-0.3, -0.25) is 0 Å². The summed E-state index contributed by atoms with van der Waals surface area (Å²) >= 11 is 0. The molecule has 4 aromatic rings. The van der Waals surface area contributed by atoms with Crippen molar-refractivity contribution in [3.8, 4) is 16.9 Å². The minimum absolute atomic E-state index is 0. The minimum atomic E-state index is -1.17. The lowest BCUT2D eigenvalue weighted by molar-refractivity contribution is -0.685. The van der Waals surface area contributed by atoms with Crippen LogP contribution in [0.5, 0.6) is 5.75 Å². The van der Waals surface area contributed by atoms with E-state index < -0.39 is 5.72 Å². The third kappa shape index (κ3) is 4.49. The number of anilines is 1. The molecule has 1 aromatic heterocycles. The van der Waals surface area contributed by atoms with Crippen LogP contribution in [0.25, 0.3) is 11.1 Å². The molecule has 1 unspecified atom stereocenters. The predicted octanol–water partition coefficient (Wildman–Crippen LogP) is 0.957. The van der Waals surface area contributed by atoms with E-state index in [-0.39, 0.29) is 17.0 Å². The SMILES string of the molecule is COc1cccc(CCN2c3nccc[n+]3CC2(O)c2ccc(-c3ccccc3)cc2)c1.[Br-]. The third-order valence-electron chi connectivity index (χ3n) is 6.09. The van der Waals surface area contributed by atoms with Crippen molar-refractivity contribution in [1.82, 2.24) is 4.98 Å². The monoisotopic (exact) mass is 503 g/mol. The molecule has 0 amide bonds. The molecule has 6 heteroatoms. The molecule has 168 valence electrons. The maximum absolute atomic E-state index is 11.9. The van der Waals surface area contributed by atoms with Crippen LogP contribution in [0.1, 0.15) is 11.1 Å². The quantitative estimate of drug-likeness (QED) is 0.398. The minimum Gasteiger partial charge on any atom is -1.00 e. The van der Waals surface area contributed by atoms with Gasteiger partial charge in [-0.1, -0.05) is 71.7 Å². The van der Waals surface area contributed by atoms with E-state index in [1.54, 1.807) is 13.3 Å². The average Bonchev–Trinajstić information content (AvgIpc) is 3.15. The number of ether oxygens (including phenoxy) is 1. The molecule has 3 aromatic carbocycles. The summed E-state index contributed by atoms with van der Waals surface area (Å²) in [5.41, 5.74) is 3.12. The topological polar surface area (TPSA) is 49.5 Å². The van der Waals surface area contributed by atoms with Gasteiger partial charge in [0.25, 0.3) is 0 Å². The van der Waals surface area contributed by atoms with E-state index in [0.29, 0.717) is 13.1 Å². The molecule has 5 nitrogen and oxygen atoms in total. The number of benzene rings is 3. The Morgan fingerprint density at radius 1 is 0.970 bits per heavy atom. The summed E-state index contributed by atoms with van der Waals surface area (Å²) in [5, 5.41) is 11.9. The van der Waals surface area contributed by atoms with Crippen molar-refractivity contribution in [2.75, 3.05) is 18.6 Å². The Kier molecular flexibility index (Phi) is 6.77. The standard InChI is InChI=1S/C27H26N3O2.BrH/c1-32-25-10-5-7-21(19-25)15-18-30-26-28-16-6-17-29(26)20-27(30,31)24-13-11-23(12-14-24)22-8-3-2-4-9-22;/h2-14,16-17,19,31H,15,18,20H2,1H3;1H/q+1;/p-1. The van der Waals surface area contributed by atoms with Gasteiger partial charge in [0, 0.05) is 18.1 Å². The molecule has 0 spiro atoms. The Morgan fingerprint density at radius 3 is 2.48 bits per heavy atom. The first-order valence-electron chi connectivity index (χ1n) is 10.8. The lowest BCUT2D eigenvalue weighted by Crippen LogP contribution is -3.00. The average molecular weight is 504 g/mol. The van der Waals surface area contributed by atoms with Gasteiger partial charge < -0.3 is 26.8 Å². The second-order valence-electron chi connectivity index (χ2n) is 8.06. The first-order chi connectivity index (χ1) is 15.7. The molecule has 0 bridgehead atoms. The number of aromatic nitrogens is 2. The zero-order chi connectivity index (χ0) is 22.0. The molecule has 1 atom stereocenters. The van der Waals surface area contributed by atoms with E-state index in [2.05, 4.69) is 35.3 Å². The molecule has 0 aliphatic carbocycles. The molecule has 2 heterocycles. The van der Waals surface area contributed by atoms with Crippen molar-refractivity contribution in [2.45, 2.75) is 18.7 Å². The number of rotatable bonds is 6. The normalized spacial score (nSPS) is 16.7. The molecule has 0 fully saturated rings. The molecule has 0 saturated heterocycles. The van der Waals surface area contributed by atoms with Gasteiger partial charge in [-0.25, -0.2) is 9.47 Å². The molecule has 1 aliphatic heterocycles. The van der Waals surface area contributed by atoms with E-state index in [1.165, 1.54) is 0 Å². The zero-order valence-electron chi connectivity index (χ0n) is 18.4. The third-order valence-corrected chi connectivity index (χ3v) is 6.09. The van der Waals surface area contributed by atoms with Crippen LogP contribution in [0.4, 0.5) is 5.95 Å². The number of hydrogen-bond donors (Lipinski definition) is 1. The van der Waals surface area contributed by atoms with E-state index >= 15 is 0 Å². The van der Waals surface area contributed by atoms with E-state index in [4.69, 9.17) is 4.74 Å². The summed E-state index contributed by atoms with van der Waals surface area (Å²) in [5.74, 6) is 1.61. The molecule has 1 aliphatic rings. The van der Waals surface area contributed by atoms with Crippen molar-refractivity contribution < 1.29 is 31.4 Å². The van der Waals surface area contributed by atoms with Crippen LogP contribution in [0, 0.1) is 0 Å². The van der Waals surface area contributed by atoms with E-state index in [1.807, 2.05) is 70.3 Å². The summed E-state index contributed by atoms with van der Waals surface area (Å²) in [6.45, 7) is 1.06. The molecule has 33 heavy (non-hydrogen) atoms. The summed E-state index contributed by atoms with van der Waals surface area (Å²) < 4.78 is 7.37. The van der Waals surface area contributed by atoms with Gasteiger partial charge in [0.1, 0.15) is 18.5 Å². The van der Waals surface area contributed by atoms with E-state index in [0.717, 1.165) is 40.4 Å². The highest BCUT2D eigenvalue weighted by atomic mass is 79.9. The second kappa shape index (κ2) is 9.73. The largest absolute Gasteiger partial charge is 1.00 e. The molecular weight excluding hydrogens is 478 g/mol. The first-order valence-corrected chi connectivity index (χ1v) is 10.8. The van der Waals surface area contributed by atoms with Gasteiger partial charge in [-0.05, 0) is 28.8 Å². The van der Waals surface area contributed by atoms with Gasteiger partial charge in [0.05, 0.1) is 19.9 Å². The van der Waals surface area contributed by atoms with Crippen LogP contribution >= 0.6 is 0 Å². The highest BCUT2D eigenvalue weighted by Crippen LogP contribution is 2.35. The summed E-state index contributed by atoms with van der Waals surface area (Å²) in [6, 6.07) is 28.4. The Balaban J connectivity index is 0.00000259. The summed E-state index contributed by atoms with van der Waals surface area (Å²) in [7, 11) is 1.67. The number of hydrogen-bond acceptors (Lipinski definition) is 4. The summed E-state index contributed by atoms with van der Waals surface area (Å²) in [4.78, 5) is 6.58. The predicted molar refractivity (Wildman–Crippen MR) is 124 cm³/mol. The van der Waals surface area contributed by atoms with Crippen LogP contribution in [-0.4, -0.2) is 23.7 Å². The van der Waals surface area contributed by atoms with Crippen molar-refractivity contribution in [2.24, 2.45) is 0 Å². The Hall–Kier alpha value is -3.22. The number of aliphatic hydroxyl groups is 1. The Bertz CT molecular complexity index is 1220. The van der Waals surface area contributed by atoms with Crippen LogP contribution in [-0.2, 0) is 18.7 Å². The van der Waals surface area contributed by atoms with Gasteiger partial charge in [0.2, 0.25) is 5.72 Å². The van der Waals surface area contributed by atoms with Crippen LogP contribution in [0.15, 0.2) is 97.3 Å². The fourth-order valence-corrected chi connectivity index (χ4v) is 4.39. The van der Waals surface area contributed by atoms with Gasteiger partial charge >= 0.3 is 5.95 Å².